The van der Waals surface area contributed by atoms with Gasteiger partial charge in [0.05, 0.1) is 0 Å². The summed E-state index contributed by atoms with van der Waals surface area (Å²) in [5.41, 5.74) is 3.27. The van der Waals surface area contributed by atoms with E-state index in [0.717, 1.165) is 36.5 Å². The maximum absolute atomic E-state index is 12.6. The summed E-state index contributed by atoms with van der Waals surface area (Å²) in [4.78, 5) is 12.6. The maximum Gasteiger partial charge on any atom is 0.136 e. The van der Waals surface area contributed by atoms with Crippen molar-refractivity contribution in [3.63, 3.8) is 0 Å². The molecule has 1 heteroatoms. The van der Waals surface area contributed by atoms with E-state index in [9.17, 15) is 4.79 Å². The fourth-order valence-corrected chi connectivity index (χ4v) is 10.3. The molecule has 9 unspecified atom stereocenters. The standard InChI is InChI=1S/C28H44O/c1-18-9-12-25(3)15-16-27(5)20(21(25)17-18)10-13-28(6)23-8-7-22(29)19(2)26(23,4)14-11-24(27)28/h19-21,23-24H,1,7-17H2,2-6H3. The minimum Gasteiger partial charge on any atom is -0.299 e. The molecule has 1 nitrogen and oxygen atoms in total. The van der Waals surface area contributed by atoms with Gasteiger partial charge in [0.25, 0.3) is 0 Å². The van der Waals surface area contributed by atoms with Crippen molar-refractivity contribution in [2.75, 3.05) is 0 Å². The van der Waals surface area contributed by atoms with Crippen molar-refractivity contribution < 1.29 is 4.79 Å². The Morgan fingerprint density at radius 2 is 1.45 bits per heavy atom. The number of carbonyl (C=O) groups excluding carboxylic acids is 1. The molecule has 0 aromatic heterocycles. The molecule has 0 aliphatic heterocycles. The van der Waals surface area contributed by atoms with Crippen molar-refractivity contribution >= 4 is 5.78 Å². The van der Waals surface area contributed by atoms with Crippen LogP contribution in [0.2, 0.25) is 0 Å². The lowest BCUT2D eigenvalue weighted by molar-refractivity contribution is -0.212. The van der Waals surface area contributed by atoms with Gasteiger partial charge >= 0.3 is 0 Å². The first-order valence-corrected chi connectivity index (χ1v) is 12.7. The molecule has 5 rings (SSSR count). The first-order chi connectivity index (χ1) is 13.5. The Morgan fingerprint density at radius 3 is 2.21 bits per heavy atom. The number of ketones is 1. The van der Waals surface area contributed by atoms with E-state index in [4.69, 9.17) is 0 Å². The largest absolute Gasteiger partial charge is 0.299 e. The summed E-state index contributed by atoms with van der Waals surface area (Å²) in [6.07, 6.45) is 14.3. The molecular weight excluding hydrogens is 352 g/mol. The van der Waals surface area contributed by atoms with Gasteiger partial charge in [-0.15, -0.1) is 0 Å². The van der Waals surface area contributed by atoms with E-state index < -0.39 is 0 Å². The Kier molecular flexibility index (Phi) is 4.36. The van der Waals surface area contributed by atoms with Crippen LogP contribution in [0.15, 0.2) is 12.2 Å². The molecule has 0 heterocycles. The van der Waals surface area contributed by atoms with Gasteiger partial charge in [0.15, 0.2) is 0 Å². The third kappa shape index (κ3) is 2.54. The lowest BCUT2D eigenvalue weighted by atomic mass is 9.34. The van der Waals surface area contributed by atoms with E-state index in [2.05, 4.69) is 41.2 Å². The predicted molar refractivity (Wildman–Crippen MR) is 120 cm³/mol. The van der Waals surface area contributed by atoms with E-state index in [0.29, 0.717) is 22.0 Å². The summed E-state index contributed by atoms with van der Waals surface area (Å²) in [6.45, 7) is 17.2. The van der Waals surface area contributed by atoms with Crippen LogP contribution in [0.4, 0.5) is 0 Å². The van der Waals surface area contributed by atoms with Crippen LogP contribution in [0.1, 0.15) is 105 Å². The zero-order chi connectivity index (χ0) is 20.8. The first kappa shape index (κ1) is 20.3. The van der Waals surface area contributed by atoms with Crippen molar-refractivity contribution in [1.29, 1.82) is 0 Å². The van der Waals surface area contributed by atoms with E-state index in [1.807, 2.05) is 0 Å². The zero-order valence-corrected chi connectivity index (χ0v) is 19.8. The second-order valence-electron chi connectivity index (χ2n) is 13.2. The number of fused-ring (bicyclic) bond motifs is 7. The Labute approximate surface area is 179 Å². The smallest absolute Gasteiger partial charge is 0.136 e. The van der Waals surface area contributed by atoms with Crippen LogP contribution in [0.3, 0.4) is 0 Å². The molecule has 162 valence electrons. The Morgan fingerprint density at radius 1 is 0.759 bits per heavy atom. The number of allylic oxidation sites excluding steroid dienone is 1. The van der Waals surface area contributed by atoms with Crippen LogP contribution in [-0.2, 0) is 4.79 Å². The number of Topliss-reactive ketones (excluding diaryl/α,β-unsaturated/α-hetero) is 1. The predicted octanol–water partition coefficient (Wildman–Crippen LogP) is 7.60. The van der Waals surface area contributed by atoms with Crippen molar-refractivity contribution in [2.24, 2.45) is 51.2 Å². The van der Waals surface area contributed by atoms with Gasteiger partial charge in [0, 0.05) is 12.3 Å². The van der Waals surface area contributed by atoms with Crippen molar-refractivity contribution in [1.82, 2.24) is 0 Å². The van der Waals surface area contributed by atoms with Gasteiger partial charge in [-0.3, -0.25) is 4.79 Å². The van der Waals surface area contributed by atoms with Crippen LogP contribution in [0, 0.1) is 51.2 Å². The highest BCUT2D eigenvalue weighted by Gasteiger charge is 2.66. The molecule has 5 aliphatic carbocycles. The number of hydrogen-bond donors (Lipinski definition) is 0. The van der Waals surface area contributed by atoms with Crippen molar-refractivity contribution in [2.45, 2.75) is 105 Å². The molecule has 0 amide bonds. The molecule has 5 aliphatic rings. The summed E-state index contributed by atoms with van der Waals surface area (Å²) >= 11 is 0. The molecule has 0 saturated heterocycles. The normalized spacial score (nSPS) is 57.3. The van der Waals surface area contributed by atoms with Gasteiger partial charge in [-0.05, 0) is 110 Å². The Bertz CT molecular complexity index is 737. The minimum absolute atomic E-state index is 0.242. The SMILES string of the molecule is C=C1CCC2(C)CCC3(C)C(CCC4(C)C5CCC(=O)C(C)C5(C)CCC34)C2C1. The summed E-state index contributed by atoms with van der Waals surface area (Å²) in [5.74, 6) is 4.16. The molecule has 29 heavy (non-hydrogen) atoms. The molecule has 0 N–H and O–H groups in total. The molecule has 0 bridgehead atoms. The molecule has 0 spiro atoms. The quantitative estimate of drug-likeness (QED) is 0.385. The van der Waals surface area contributed by atoms with Gasteiger partial charge in [-0.2, -0.15) is 0 Å². The van der Waals surface area contributed by atoms with Crippen molar-refractivity contribution in [3.8, 4) is 0 Å². The second-order valence-corrected chi connectivity index (χ2v) is 13.2. The van der Waals surface area contributed by atoms with Crippen LogP contribution in [0.5, 0.6) is 0 Å². The summed E-state index contributed by atoms with van der Waals surface area (Å²) in [6, 6.07) is 0. The fourth-order valence-electron chi connectivity index (χ4n) is 10.3. The van der Waals surface area contributed by atoms with Gasteiger partial charge < -0.3 is 0 Å². The molecular formula is C28H44O. The Hall–Kier alpha value is -0.590. The third-order valence-electron chi connectivity index (χ3n) is 12.3. The topological polar surface area (TPSA) is 17.1 Å². The van der Waals surface area contributed by atoms with Gasteiger partial charge in [-0.25, -0.2) is 0 Å². The molecule has 5 saturated carbocycles. The summed E-state index contributed by atoms with van der Waals surface area (Å²) in [5, 5.41) is 0. The van der Waals surface area contributed by atoms with Gasteiger partial charge in [0.1, 0.15) is 5.78 Å². The average molecular weight is 397 g/mol. The lowest BCUT2D eigenvalue weighted by Gasteiger charge is -2.70. The first-order valence-electron chi connectivity index (χ1n) is 12.7. The third-order valence-corrected chi connectivity index (χ3v) is 12.3. The molecule has 5 fully saturated rings. The summed E-state index contributed by atoms with van der Waals surface area (Å²) < 4.78 is 0. The highest BCUT2D eigenvalue weighted by Crippen LogP contribution is 2.74. The van der Waals surface area contributed by atoms with Gasteiger partial charge in [-0.1, -0.05) is 46.8 Å². The van der Waals surface area contributed by atoms with Crippen LogP contribution >= 0.6 is 0 Å². The Balaban J connectivity index is 1.51. The zero-order valence-electron chi connectivity index (χ0n) is 19.8. The van der Waals surface area contributed by atoms with E-state index in [1.54, 1.807) is 0 Å². The molecule has 0 radical (unpaired) electrons. The minimum atomic E-state index is 0.242. The molecule has 0 aromatic carbocycles. The molecule has 9 atom stereocenters. The van der Waals surface area contributed by atoms with Gasteiger partial charge in [0.2, 0.25) is 0 Å². The molecule has 0 aromatic rings. The van der Waals surface area contributed by atoms with Crippen molar-refractivity contribution in [3.05, 3.63) is 12.2 Å². The van der Waals surface area contributed by atoms with Crippen LogP contribution in [-0.4, -0.2) is 5.78 Å². The van der Waals surface area contributed by atoms with E-state index >= 15 is 0 Å². The monoisotopic (exact) mass is 396 g/mol. The van der Waals surface area contributed by atoms with E-state index in [1.165, 1.54) is 63.4 Å². The highest BCUT2D eigenvalue weighted by molar-refractivity contribution is 5.82. The lowest BCUT2D eigenvalue weighted by Crippen LogP contribution is -2.63. The highest BCUT2D eigenvalue weighted by atomic mass is 16.1. The second kappa shape index (κ2) is 6.23. The summed E-state index contributed by atoms with van der Waals surface area (Å²) in [7, 11) is 0. The average Bonchev–Trinajstić information content (AvgIpc) is 2.66. The fraction of sp³-hybridized carbons (Fsp3) is 0.893. The van der Waals surface area contributed by atoms with E-state index in [-0.39, 0.29) is 11.3 Å². The number of rotatable bonds is 0. The number of hydrogen-bond acceptors (Lipinski definition) is 1. The maximum atomic E-state index is 12.6. The van der Waals surface area contributed by atoms with Crippen LogP contribution in [0.25, 0.3) is 0 Å². The van der Waals surface area contributed by atoms with Crippen LogP contribution < -0.4 is 0 Å². The number of carbonyl (C=O) groups is 1.